The monoisotopic (exact) mass is 227 g/mol. The normalized spacial score (nSPS) is 10.3. The van der Waals surface area contributed by atoms with Gasteiger partial charge in [0, 0.05) is 11.1 Å². The molecule has 4 nitrogen and oxygen atoms in total. The first kappa shape index (κ1) is 12.1. The Bertz CT molecular complexity index is 311. The Labute approximate surface area is 94.1 Å². The second-order valence-corrected chi connectivity index (χ2v) is 4.59. The Balaban J connectivity index is 2.18. The minimum Gasteiger partial charge on any atom is -0.308 e. The Morgan fingerprint density at radius 2 is 2.40 bits per heavy atom. The third-order valence-electron chi connectivity index (χ3n) is 1.86. The van der Waals surface area contributed by atoms with Crippen LogP contribution in [0.4, 0.5) is 5.13 Å². The highest BCUT2D eigenvalue weighted by atomic mass is 32.1. The molecule has 0 aliphatic carbocycles. The van der Waals surface area contributed by atoms with Crippen molar-refractivity contribution in [2.24, 2.45) is 0 Å². The maximum absolute atomic E-state index is 11.4. The molecule has 0 spiro atoms. The maximum Gasteiger partial charge on any atom is 0.240 e. The first-order valence-corrected chi connectivity index (χ1v) is 5.97. The summed E-state index contributed by atoms with van der Waals surface area (Å²) >= 11 is 1.49. The van der Waals surface area contributed by atoms with Gasteiger partial charge in [0.2, 0.25) is 5.91 Å². The predicted molar refractivity (Wildman–Crippen MR) is 63.3 cm³/mol. The molecule has 15 heavy (non-hydrogen) atoms. The van der Waals surface area contributed by atoms with Crippen molar-refractivity contribution >= 4 is 22.4 Å². The molecule has 0 saturated heterocycles. The molecule has 0 fully saturated rings. The number of anilines is 1. The number of carbonyl (C=O) groups excluding carboxylic acids is 1. The van der Waals surface area contributed by atoms with Crippen molar-refractivity contribution in [1.29, 1.82) is 0 Å². The van der Waals surface area contributed by atoms with Gasteiger partial charge < -0.3 is 10.6 Å². The molecule has 1 aromatic heterocycles. The van der Waals surface area contributed by atoms with E-state index in [1.165, 1.54) is 11.3 Å². The molecule has 1 amide bonds. The van der Waals surface area contributed by atoms with E-state index in [-0.39, 0.29) is 5.91 Å². The van der Waals surface area contributed by atoms with Crippen molar-refractivity contribution in [3.63, 3.8) is 0 Å². The fraction of sp³-hybridized carbons (Fsp3) is 0.600. The summed E-state index contributed by atoms with van der Waals surface area (Å²) in [7, 11) is 0. The van der Waals surface area contributed by atoms with Crippen molar-refractivity contribution in [2.75, 3.05) is 18.4 Å². The van der Waals surface area contributed by atoms with Crippen LogP contribution < -0.4 is 10.6 Å². The van der Waals surface area contributed by atoms with Crippen molar-refractivity contribution in [2.45, 2.75) is 26.7 Å². The number of hydrogen-bond donors (Lipinski definition) is 2. The second-order valence-electron chi connectivity index (χ2n) is 3.35. The smallest absolute Gasteiger partial charge is 0.240 e. The van der Waals surface area contributed by atoms with Crippen LogP contribution in [0.15, 0.2) is 6.20 Å². The predicted octanol–water partition coefficient (Wildman–Crippen LogP) is 1.78. The third-order valence-corrected chi connectivity index (χ3v) is 2.69. The van der Waals surface area contributed by atoms with Gasteiger partial charge in [0.1, 0.15) is 0 Å². The molecule has 0 radical (unpaired) electrons. The molecule has 0 aliphatic heterocycles. The molecule has 2 N–H and O–H groups in total. The van der Waals surface area contributed by atoms with Crippen LogP contribution in [-0.4, -0.2) is 24.0 Å². The average molecular weight is 227 g/mol. The molecule has 0 aliphatic rings. The second kappa shape index (κ2) is 6.53. The zero-order chi connectivity index (χ0) is 11.1. The van der Waals surface area contributed by atoms with Crippen LogP contribution in [0.1, 0.15) is 24.6 Å². The molecule has 84 valence electrons. The quantitative estimate of drug-likeness (QED) is 0.728. The van der Waals surface area contributed by atoms with Gasteiger partial charge >= 0.3 is 0 Å². The van der Waals surface area contributed by atoms with E-state index in [0.717, 1.165) is 24.3 Å². The maximum atomic E-state index is 11.4. The lowest BCUT2D eigenvalue weighted by atomic mass is 10.3. The van der Waals surface area contributed by atoms with E-state index in [1.807, 2.05) is 6.92 Å². The Hall–Kier alpha value is -0.940. The molecule has 0 saturated carbocycles. The topological polar surface area (TPSA) is 54.0 Å². The molecule has 1 rings (SSSR count). The Morgan fingerprint density at radius 1 is 1.60 bits per heavy atom. The number of thiazole rings is 1. The van der Waals surface area contributed by atoms with Gasteiger partial charge in [-0.15, -0.1) is 11.3 Å². The standard InChI is InChI=1S/C10H17N3OS/c1-3-4-5-11-7-9(14)13-10-12-6-8(2)15-10/h6,11H,3-5,7H2,1-2H3,(H,12,13,14). The number of aryl methyl sites for hydroxylation is 1. The van der Waals surface area contributed by atoms with E-state index in [2.05, 4.69) is 22.5 Å². The number of hydrogen-bond acceptors (Lipinski definition) is 4. The van der Waals surface area contributed by atoms with E-state index < -0.39 is 0 Å². The number of rotatable bonds is 6. The fourth-order valence-electron chi connectivity index (χ4n) is 1.08. The number of nitrogens with zero attached hydrogens (tertiary/aromatic N) is 1. The van der Waals surface area contributed by atoms with Gasteiger partial charge in [-0.05, 0) is 19.9 Å². The molecule has 0 atom stereocenters. The largest absolute Gasteiger partial charge is 0.308 e. The lowest BCUT2D eigenvalue weighted by molar-refractivity contribution is -0.115. The summed E-state index contributed by atoms with van der Waals surface area (Å²) in [5.41, 5.74) is 0. The van der Waals surface area contributed by atoms with Crippen molar-refractivity contribution in [3.05, 3.63) is 11.1 Å². The third kappa shape index (κ3) is 4.90. The summed E-state index contributed by atoms with van der Waals surface area (Å²) in [6.45, 7) is 5.34. The van der Waals surface area contributed by atoms with Gasteiger partial charge in [-0.2, -0.15) is 0 Å². The summed E-state index contributed by atoms with van der Waals surface area (Å²) in [5, 5.41) is 6.50. The molecule has 5 heteroatoms. The van der Waals surface area contributed by atoms with E-state index in [1.54, 1.807) is 6.20 Å². The first-order chi connectivity index (χ1) is 7.22. The SMILES string of the molecule is CCCCNCC(=O)Nc1ncc(C)s1. The van der Waals surface area contributed by atoms with E-state index >= 15 is 0 Å². The average Bonchev–Trinajstić information content (AvgIpc) is 2.59. The van der Waals surface area contributed by atoms with Crippen LogP contribution >= 0.6 is 11.3 Å². The van der Waals surface area contributed by atoms with Gasteiger partial charge in [-0.3, -0.25) is 4.79 Å². The Kier molecular flexibility index (Phi) is 5.28. The van der Waals surface area contributed by atoms with Crippen LogP contribution in [-0.2, 0) is 4.79 Å². The van der Waals surface area contributed by atoms with E-state index in [9.17, 15) is 4.79 Å². The molecular formula is C10H17N3OS. The molecule has 0 aromatic carbocycles. The van der Waals surface area contributed by atoms with Crippen LogP contribution in [0.3, 0.4) is 0 Å². The molecule has 0 unspecified atom stereocenters. The van der Waals surface area contributed by atoms with E-state index in [0.29, 0.717) is 11.7 Å². The fourth-order valence-corrected chi connectivity index (χ4v) is 1.76. The first-order valence-electron chi connectivity index (χ1n) is 5.15. The van der Waals surface area contributed by atoms with Gasteiger partial charge in [0.25, 0.3) is 0 Å². The van der Waals surface area contributed by atoms with Crippen LogP contribution in [0.2, 0.25) is 0 Å². The minimum absolute atomic E-state index is 0.0274. The minimum atomic E-state index is -0.0274. The number of nitrogens with one attached hydrogen (secondary N) is 2. The van der Waals surface area contributed by atoms with Gasteiger partial charge in [-0.1, -0.05) is 13.3 Å². The van der Waals surface area contributed by atoms with Gasteiger partial charge in [0.05, 0.1) is 6.54 Å². The molecular weight excluding hydrogens is 210 g/mol. The number of carbonyl (C=O) groups is 1. The van der Waals surface area contributed by atoms with Crippen molar-refractivity contribution < 1.29 is 4.79 Å². The lowest BCUT2D eigenvalue weighted by Gasteiger charge is -2.03. The molecule has 1 heterocycles. The zero-order valence-corrected chi connectivity index (χ0v) is 9.99. The zero-order valence-electron chi connectivity index (χ0n) is 9.17. The van der Waals surface area contributed by atoms with Crippen LogP contribution in [0, 0.1) is 6.92 Å². The summed E-state index contributed by atoms with van der Waals surface area (Å²) < 4.78 is 0. The van der Waals surface area contributed by atoms with Gasteiger partial charge in [-0.25, -0.2) is 4.98 Å². The summed E-state index contributed by atoms with van der Waals surface area (Å²) in [6, 6.07) is 0. The Morgan fingerprint density at radius 3 is 3.00 bits per heavy atom. The van der Waals surface area contributed by atoms with Crippen LogP contribution in [0.25, 0.3) is 0 Å². The van der Waals surface area contributed by atoms with E-state index in [4.69, 9.17) is 0 Å². The molecule has 1 aromatic rings. The highest BCUT2D eigenvalue weighted by Gasteiger charge is 2.03. The van der Waals surface area contributed by atoms with Gasteiger partial charge in [0.15, 0.2) is 5.13 Å². The number of unbranched alkanes of at least 4 members (excludes halogenated alkanes) is 1. The summed E-state index contributed by atoms with van der Waals surface area (Å²) in [6.07, 6.45) is 3.99. The van der Waals surface area contributed by atoms with Crippen molar-refractivity contribution in [1.82, 2.24) is 10.3 Å². The summed E-state index contributed by atoms with van der Waals surface area (Å²) in [5.74, 6) is -0.0274. The number of amides is 1. The number of aromatic nitrogens is 1. The van der Waals surface area contributed by atoms with Crippen molar-refractivity contribution in [3.8, 4) is 0 Å². The summed E-state index contributed by atoms with van der Waals surface area (Å²) in [4.78, 5) is 16.5. The highest BCUT2D eigenvalue weighted by molar-refractivity contribution is 7.15. The van der Waals surface area contributed by atoms with Crippen LogP contribution in [0.5, 0.6) is 0 Å². The molecule has 0 bridgehead atoms. The highest BCUT2D eigenvalue weighted by Crippen LogP contribution is 2.15. The lowest BCUT2D eigenvalue weighted by Crippen LogP contribution is -2.28.